The predicted molar refractivity (Wildman–Crippen MR) is 143 cm³/mol. The Kier molecular flexibility index (Phi) is 9.25. The van der Waals surface area contributed by atoms with Crippen molar-refractivity contribution in [2.45, 2.75) is 50.2 Å². The fourth-order valence-electron chi connectivity index (χ4n) is 4.73. The molecule has 188 valence electrons. The van der Waals surface area contributed by atoms with Gasteiger partial charge in [-0.15, -0.1) is 0 Å². The Bertz CT molecular complexity index is 1080. The molecule has 5 N–H and O–H groups in total. The van der Waals surface area contributed by atoms with E-state index in [0.29, 0.717) is 32.5 Å². The summed E-state index contributed by atoms with van der Waals surface area (Å²) in [7, 11) is 0. The van der Waals surface area contributed by atoms with Gasteiger partial charge in [-0.2, -0.15) is 0 Å². The summed E-state index contributed by atoms with van der Waals surface area (Å²) in [5.74, 6) is -0.0421. The Labute approximate surface area is 213 Å². The van der Waals surface area contributed by atoms with Gasteiger partial charge in [0.15, 0.2) is 0 Å². The molecule has 36 heavy (non-hydrogen) atoms. The van der Waals surface area contributed by atoms with Gasteiger partial charge in [0.05, 0.1) is 12.1 Å². The largest absolute Gasteiger partial charge is 0.355 e. The van der Waals surface area contributed by atoms with Crippen LogP contribution in [0.5, 0.6) is 0 Å². The van der Waals surface area contributed by atoms with Crippen molar-refractivity contribution in [2.24, 2.45) is 5.73 Å². The monoisotopic (exact) mass is 484 g/mol. The lowest BCUT2D eigenvalue weighted by Crippen LogP contribution is -2.47. The summed E-state index contributed by atoms with van der Waals surface area (Å²) in [6.45, 7) is 1.79. The van der Waals surface area contributed by atoms with Crippen LogP contribution >= 0.6 is 0 Å². The number of carbonyl (C=O) groups is 2. The van der Waals surface area contributed by atoms with Crippen LogP contribution in [0.3, 0.4) is 0 Å². The molecule has 0 bridgehead atoms. The van der Waals surface area contributed by atoms with Crippen LogP contribution in [0, 0.1) is 0 Å². The standard InChI is InChI=1S/C30H36N4O2/c31-27(17-9-10-18-32-30(36)28-19-24-15-7-8-16-25(24)20-33-28)29(35)34-21-26(22-11-3-1-4-12-22)23-13-5-2-6-14-23/h1-8,11-16,26-28,33H,9-10,17-21,31H2,(H,32,36)(H,34,35)/t27-,28-/m0/s1. The third-order valence-corrected chi connectivity index (χ3v) is 6.86. The van der Waals surface area contributed by atoms with Crippen molar-refractivity contribution in [3.05, 3.63) is 107 Å². The highest BCUT2D eigenvalue weighted by molar-refractivity contribution is 5.82. The summed E-state index contributed by atoms with van der Waals surface area (Å²) < 4.78 is 0. The first-order valence-corrected chi connectivity index (χ1v) is 12.8. The number of hydrogen-bond donors (Lipinski definition) is 4. The number of carbonyl (C=O) groups excluding carboxylic acids is 2. The van der Waals surface area contributed by atoms with Gasteiger partial charge in [0, 0.05) is 25.6 Å². The molecule has 0 saturated heterocycles. The van der Waals surface area contributed by atoms with Gasteiger partial charge < -0.3 is 21.7 Å². The normalized spacial score (nSPS) is 15.7. The van der Waals surface area contributed by atoms with E-state index in [0.717, 1.165) is 24.0 Å². The summed E-state index contributed by atoms with van der Waals surface area (Å²) in [6, 6.07) is 27.8. The van der Waals surface area contributed by atoms with Crippen LogP contribution in [-0.4, -0.2) is 37.0 Å². The minimum absolute atomic E-state index is 0.0272. The Morgan fingerprint density at radius 3 is 2.11 bits per heavy atom. The van der Waals surface area contributed by atoms with Crippen molar-refractivity contribution in [1.29, 1.82) is 0 Å². The van der Waals surface area contributed by atoms with E-state index in [-0.39, 0.29) is 23.8 Å². The Balaban J connectivity index is 1.16. The quantitative estimate of drug-likeness (QED) is 0.314. The van der Waals surface area contributed by atoms with Gasteiger partial charge in [-0.25, -0.2) is 0 Å². The number of benzene rings is 3. The molecule has 0 saturated carbocycles. The third-order valence-electron chi connectivity index (χ3n) is 6.86. The average molecular weight is 485 g/mol. The van der Waals surface area contributed by atoms with Crippen molar-refractivity contribution in [3.8, 4) is 0 Å². The highest BCUT2D eigenvalue weighted by Crippen LogP contribution is 2.23. The maximum atomic E-state index is 12.7. The molecule has 1 aliphatic rings. The van der Waals surface area contributed by atoms with Crippen LogP contribution in [0.15, 0.2) is 84.9 Å². The van der Waals surface area contributed by atoms with Crippen LogP contribution in [-0.2, 0) is 22.6 Å². The van der Waals surface area contributed by atoms with E-state index in [1.165, 1.54) is 11.1 Å². The summed E-state index contributed by atoms with van der Waals surface area (Å²) in [6.07, 6.45) is 2.85. The lowest BCUT2D eigenvalue weighted by Gasteiger charge is -2.25. The molecule has 6 heteroatoms. The molecular weight excluding hydrogens is 448 g/mol. The fraction of sp³-hybridized carbons (Fsp3) is 0.333. The van der Waals surface area contributed by atoms with Crippen molar-refractivity contribution >= 4 is 11.8 Å². The Morgan fingerprint density at radius 2 is 1.44 bits per heavy atom. The van der Waals surface area contributed by atoms with Gasteiger partial charge in [0.1, 0.15) is 0 Å². The maximum absolute atomic E-state index is 12.7. The molecule has 0 unspecified atom stereocenters. The fourth-order valence-corrected chi connectivity index (χ4v) is 4.73. The van der Waals surface area contributed by atoms with E-state index < -0.39 is 6.04 Å². The number of rotatable bonds is 11. The molecule has 4 rings (SSSR count). The average Bonchev–Trinajstić information content (AvgIpc) is 2.93. The molecule has 1 aliphatic heterocycles. The third kappa shape index (κ3) is 7.03. The second-order valence-corrected chi connectivity index (χ2v) is 9.42. The molecule has 0 aliphatic carbocycles. The lowest BCUT2D eigenvalue weighted by atomic mass is 9.91. The second kappa shape index (κ2) is 13.0. The molecule has 0 aromatic heterocycles. The minimum Gasteiger partial charge on any atom is -0.355 e. The van der Waals surface area contributed by atoms with Gasteiger partial charge in [0.2, 0.25) is 11.8 Å². The topological polar surface area (TPSA) is 96.2 Å². The molecule has 0 radical (unpaired) electrons. The lowest BCUT2D eigenvalue weighted by molar-refractivity contribution is -0.124. The SMILES string of the molecule is N[C@@H](CCCCNC(=O)[C@@H]1Cc2ccccc2CN1)C(=O)NCC(c1ccccc1)c1ccccc1. The van der Waals surface area contributed by atoms with Gasteiger partial charge in [-0.3, -0.25) is 9.59 Å². The number of unbranched alkanes of at least 4 members (excludes halogenated alkanes) is 1. The van der Waals surface area contributed by atoms with Crippen molar-refractivity contribution in [3.63, 3.8) is 0 Å². The van der Waals surface area contributed by atoms with E-state index in [9.17, 15) is 9.59 Å². The molecule has 1 heterocycles. The van der Waals surface area contributed by atoms with E-state index in [1.807, 2.05) is 48.5 Å². The van der Waals surface area contributed by atoms with Crippen LogP contribution in [0.1, 0.15) is 47.4 Å². The van der Waals surface area contributed by atoms with E-state index in [4.69, 9.17) is 5.73 Å². The summed E-state index contributed by atoms with van der Waals surface area (Å²) >= 11 is 0. The van der Waals surface area contributed by atoms with Crippen molar-refractivity contribution < 1.29 is 9.59 Å². The van der Waals surface area contributed by atoms with Crippen LogP contribution < -0.4 is 21.7 Å². The predicted octanol–water partition coefficient (Wildman–Crippen LogP) is 3.26. The highest BCUT2D eigenvalue weighted by Gasteiger charge is 2.23. The smallest absolute Gasteiger partial charge is 0.237 e. The van der Waals surface area contributed by atoms with Crippen LogP contribution in [0.25, 0.3) is 0 Å². The number of nitrogens with two attached hydrogens (primary N) is 1. The zero-order valence-electron chi connectivity index (χ0n) is 20.7. The number of nitrogens with one attached hydrogen (secondary N) is 3. The molecule has 6 nitrogen and oxygen atoms in total. The number of fused-ring (bicyclic) bond motifs is 1. The maximum Gasteiger partial charge on any atom is 0.237 e. The zero-order valence-corrected chi connectivity index (χ0v) is 20.7. The molecule has 0 spiro atoms. The molecule has 2 amide bonds. The molecule has 3 aromatic rings. The van der Waals surface area contributed by atoms with E-state index in [2.05, 4.69) is 52.3 Å². The summed E-state index contributed by atoms with van der Waals surface area (Å²) in [4.78, 5) is 25.2. The zero-order chi connectivity index (χ0) is 25.2. The van der Waals surface area contributed by atoms with Gasteiger partial charge >= 0.3 is 0 Å². The molecular formula is C30H36N4O2. The first-order valence-electron chi connectivity index (χ1n) is 12.8. The molecule has 0 fully saturated rings. The molecule has 2 atom stereocenters. The highest BCUT2D eigenvalue weighted by atomic mass is 16.2. The van der Waals surface area contributed by atoms with Crippen molar-refractivity contribution in [1.82, 2.24) is 16.0 Å². The Morgan fingerprint density at radius 1 is 0.833 bits per heavy atom. The first-order chi connectivity index (χ1) is 17.6. The van der Waals surface area contributed by atoms with Crippen LogP contribution in [0.2, 0.25) is 0 Å². The minimum atomic E-state index is -0.565. The van der Waals surface area contributed by atoms with Crippen LogP contribution in [0.4, 0.5) is 0 Å². The Hall–Kier alpha value is -3.48. The first kappa shape index (κ1) is 25.6. The van der Waals surface area contributed by atoms with Gasteiger partial charge in [-0.05, 0) is 47.9 Å². The number of hydrogen-bond acceptors (Lipinski definition) is 4. The van der Waals surface area contributed by atoms with Gasteiger partial charge in [0.25, 0.3) is 0 Å². The van der Waals surface area contributed by atoms with Crippen molar-refractivity contribution in [2.75, 3.05) is 13.1 Å². The van der Waals surface area contributed by atoms with E-state index >= 15 is 0 Å². The number of amides is 2. The summed E-state index contributed by atoms with van der Waals surface area (Å²) in [5.41, 5.74) is 11.0. The molecule has 3 aromatic carbocycles. The van der Waals surface area contributed by atoms with E-state index in [1.54, 1.807) is 0 Å². The van der Waals surface area contributed by atoms with Gasteiger partial charge in [-0.1, -0.05) is 84.9 Å². The second-order valence-electron chi connectivity index (χ2n) is 9.42. The summed E-state index contributed by atoms with van der Waals surface area (Å²) in [5, 5.41) is 9.38.